The van der Waals surface area contributed by atoms with Crippen LogP contribution in [0.1, 0.15) is 12.8 Å². The smallest absolute Gasteiger partial charge is 0.142 e. The Morgan fingerprint density at radius 2 is 2.00 bits per heavy atom. The molecule has 2 aliphatic heterocycles. The average molecular weight is 247 g/mol. The van der Waals surface area contributed by atoms with Crippen LogP contribution in [0.25, 0.3) is 0 Å². The molecule has 1 saturated heterocycles. The van der Waals surface area contributed by atoms with Crippen molar-refractivity contribution in [3.05, 3.63) is 18.2 Å². The predicted molar refractivity (Wildman–Crippen MR) is 74.2 cm³/mol. The van der Waals surface area contributed by atoms with Crippen LogP contribution in [0.3, 0.4) is 0 Å². The normalized spacial score (nSPS) is 21.5. The van der Waals surface area contributed by atoms with Gasteiger partial charge in [0, 0.05) is 11.7 Å². The molecule has 4 heteroatoms. The van der Waals surface area contributed by atoms with E-state index in [1.807, 2.05) is 18.2 Å². The first-order valence-electron chi connectivity index (χ1n) is 6.71. The topological polar surface area (TPSA) is 41.7 Å². The second kappa shape index (κ2) is 4.69. The molecule has 0 aromatic heterocycles. The molecular formula is C14H21N3O. The maximum absolute atomic E-state index is 5.91. The SMILES string of the molecule is CN1CCC(N2CCOc3ccc(N)cc32)CC1. The number of fused-ring (bicyclic) bond motifs is 1. The lowest BCUT2D eigenvalue weighted by atomic mass is 10.0. The number of hydrogen-bond acceptors (Lipinski definition) is 4. The predicted octanol–water partition coefficient (Wildman–Crippen LogP) is 1.56. The van der Waals surface area contributed by atoms with Crippen LogP contribution in [0.2, 0.25) is 0 Å². The number of likely N-dealkylation sites (tertiary alicyclic amines) is 1. The molecule has 0 saturated carbocycles. The number of anilines is 2. The fraction of sp³-hybridized carbons (Fsp3) is 0.571. The van der Waals surface area contributed by atoms with Gasteiger partial charge in [0.2, 0.25) is 0 Å². The van der Waals surface area contributed by atoms with Gasteiger partial charge in [0.25, 0.3) is 0 Å². The van der Waals surface area contributed by atoms with Crippen molar-refractivity contribution in [2.75, 3.05) is 43.9 Å². The molecule has 0 spiro atoms. The standard InChI is InChI=1S/C14H21N3O/c1-16-6-4-12(5-7-16)17-8-9-18-14-3-2-11(15)10-13(14)17/h2-3,10,12H,4-9,15H2,1H3. The maximum Gasteiger partial charge on any atom is 0.142 e. The summed E-state index contributed by atoms with van der Waals surface area (Å²) in [5.74, 6) is 0.981. The highest BCUT2D eigenvalue weighted by atomic mass is 16.5. The molecule has 18 heavy (non-hydrogen) atoms. The van der Waals surface area contributed by atoms with E-state index in [0.717, 1.165) is 24.6 Å². The van der Waals surface area contributed by atoms with Crippen molar-refractivity contribution in [3.63, 3.8) is 0 Å². The highest BCUT2D eigenvalue weighted by Crippen LogP contribution is 2.36. The van der Waals surface area contributed by atoms with E-state index in [9.17, 15) is 0 Å². The van der Waals surface area contributed by atoms with E-state index in [0.29, 0.717) is 6.04 Å². The average Bonchev–Trinajstić information content (AvgIpc) is 2.39. The number of nitrogen functional groups attached to an aromatic ring is 1. The summed E-state index contributed by atoms with van der Waals surface area (Å²) in [5.41, 5.74) is 7.90. The lowest BCUT2D eigenvalue weighted by Gasteiger charge is -2.41. The lowest BCUT2D eigenvalue weighted by Crippen LogP contribution is -2.46. The molecule has 0 amide bonds. The Labute approximate surface area is 108 Å². The van der Waals surface area contributed by atoms with Crippen molar-refractivity contribution < 1.29 is 4.74 Å². The molecule has 2 aliphatic rings. The van der Waals surface area contributed by atoms with Gasteiger partial charge < -0.3 is 20.3 Å². The van der Waals surface area contributed by atoms with Gasteiger partial charge in [0.1, 0.15) is 12.4 Å². The van der Waals surface area contributed by atoms with Crippen LogP contribution in [-0.4, -0.2) is 44.2 Å². The van der Waals surface area contributed by atoms with E-state index in [2.05, 4.69) is 16.8 Å². The second-order valence-corrected chi connectivity index (χ2v) is 5.30. The summed E-state index contributed by atoms with van der Waals surface area (Å²) in [7, 11) is 2.20. The summed E-state index contributed by atoms with van der Waals surface area (Å²) in [6, 6.07) is 6.58. The van der Waals surface area contributed by atoms with Crippen LogP contribution < -0.4 is 15.4 Å². The zero-order valence-electron chi connectivity index (χ0n) is 10.9. The van der Waals surface area contributed by atoms with Crippen LogP contribution in [0.5, 0.6) is 5.75 Å². The molecule has 98 valence electrons. The molecule has 4 nitrogen and oxygen atoms in total. The van der Waals surface area contributed by atoms with Crippen LogP contribution in [0, 0.1) is 0 Å². The Kier molecular flexibility index (Phi) is 3.04. The van der Waals surface area contributed by atoms with Crippen molar-refractivity contribution in [1.29, 1.82) is 0 Å². The van der Waals surface area contributed by atoms with Crippen molar-refractivity contribution >= 4 is 11.4 Å². The van der Waals surface area contributed by atoms with E-state index >= 15 is 0 Å². The molecule has 1 fully saturated rings. The number of benzene rings is 1. The number of ether oxygens (including phenoxy) is 1. The highest BCUT2D eigenvalue weighted by molar-refractivity contribution is 5.66. The van der Waals surface area contributed by atoms with Gasteiger partial charge in [0.15, 0.2) is 0 Å². The van der Waals surface area contributed by atoms with Gasteiger partial charge in [0.05, 0.1) is 12.2 Å². The number of rotatable bonds is 1. The Balaban J connectivity index is 1.84. The Hall–Kier alpha value is -1.42. The largest absolute Gasteiger partial charge is 0.490 e. The summed E-state index contributed by atoms with van der Waals surface area (Å²) in [6.45, 7) is 4.12. The molecule has 2 N–H and O–H groups in total. The molecule has 3 rings (SSSR count). The monoisotopic (exact) mass is 247 g/mol. The number of hydrogen-bond donors (Lipinski definition) is 1. The minimum Gasteiger partial charge on any atom is -0.490 e. The molecule has 0 radical (unpaired) electrons. The number of piperidine rings is 1. The summed E-state index contributed by atoms with van der Waals surface area (Å²) >= 11 is 0. The first kappa shape index (κ1) is 11.7. The first-order valence-corrected chi connectivity index (χ1v) is 6.71. The number of nitrogens with zero attached hydrogens (tertiary/aromatic N) is 2. The van der Waals surface area contributed by atoms with Crippen molar-refractivity contribution in [1.82, 2.24) is 4.90 Å². The van der Waals surface area contributed by atoms with Crippen LogP contribution in [0.4, 0.5) is 11.4 Å². The first-order chi connectivity index (χ1) is 8.74. The molecule has 0 bridgehead atoms. The fourth-order valence-corrected chi connectivity index (χ4v) is 2.94. The Bertz CT molecular complexity index is 427. The highest BCUT2D eigenvalue weighted by Gasteiger charge is 2.27. The minimum absolute atomic E-state index is 0.630. The molecule has 0 atom stereocenters. The third-order valence-corrected chi connectivity index (χ3v) is 4.01. The van der Waals surface area contributed by atoms with Crippen LogP contribution in [0.15, 0.2) is 18.2 Å². The van der Waals surface area contributed by atoms with Gasteiger partial charge in [-0.3, -0.25) is 0 Å². The quantitative estimate of drug-likeness (QED) is 0.765. The van der Waals surface area contributed by atoms with Gasteiger partial charge in [-0.05, 0) is 51.2 Å². The van der Waals surface area contributed by atoms with Gasteiger partial charge in [-0.15, -0.1) is 0 Å². The number of nitrogens with two attached hydrogens (primary N) is 1. The lowest BCUT2D eigenvalue weighted by molar-refractivity contribution is 0.234. The molecule has 0 aliphatic carbocycles. The van der Waals surface area contributed by atoms with Crippen LogP contribution in [-0.2, 0) is 0 Å². The van der Waals surface area contributed by atoms with E-state index in [-0.39, 0.29) is 0 Å². The zero-order chi connectivity index (χ0) is 12.5. The Morgan fingerprint density at radius 1 is 1.22 bits per heavy atom. The van der Waals surface area contributed by atoms with Crippen molar-refractivity contribution in [2.24, 2.45) is 0 Å². The molecule has 2 heterocycles. The summed E-state index contributed by atoms with van der Waals surface area (Å²) in [5, 5.41) is 0. The van der Waals surface area contributed by atoms with E-state index in [4.69, 9.17) is 10.5 Å². The van der Waals surface area contributed by atoms with Gasteiger partial charge in [-0.1, -0.05) is 0 Å². The van der Waals surface area contributed by atoms with E-state index in [1.165, 1.54) is 31.6 Å². The zero-order valence-corrected chi connectivity index (χ0v) is 10.9. The molecule has 1 aromatic rings. The van der Waals surface area contributed by atoms with Crippen molar-refractivity contribution in [3.8, 4) is 5.75 Å². The summed E-state index contributed by atoms with van der Waals surface area (Å²) < 4.78 is 5.71. The molecular weight excluding hydrogens is 226 g/mol. The third-order valence-electron chi connectivity index (χ3n) is 4.01. The van der Waals surface area contributed by atoms with Gasteiger partial charge >= 0.3 is 0 Å². The fourth-order valence-electron chi connectivity index (χ4n) is 2.94. The summed E-state index contributed by atoms with van der Waals surface area (Å²) in [4.78, 5) is 4.89. The van der Waals surface area contributed by atoms with E-state index in [1.54, 1.807) is 0 Å². The molecule has 0 unspecified atom stereocenters. The van der Waals surface area contributed by atoms with Crippen LogP contribution >= 0.6 is 0 Å². The molecule has 1 aromatic carbocycles. The van der Waals surface area contributed by atoms with Crippen molar-refractivity contribution in [2.45, 2.75) is 18.9 Å². The van der Waals surface area contributed by atoms with E-state index < -0.39 is 0 Å². The van der Waals surface area contributed by atoms with Gasteiger partial charge in [-0.25, -0.2) is 0 Å². The minimum atomic E-state index is 0.630. The Morgan fingerprint density at radius 3 is 2.78 bits per heavy atom. The second-order valence-electron chi connectivity index (χ2n) is 5.30. The third kappa shape index (κ3) is 2.12. The summed E-state index contributed by atoms with van der Waals surface area (Å²) in [6.07, 6.45) is 2.45. The van der Waals surface area contributed by atoms with Gasteiger partial charge in [-0.2, -0.15) is 0 Å². The maximum atomic E-state index is 5.91.